The summed E-state index contributed by atoms with van der Waals surface area (Å²) in [4.78, 5) is 0. The predicted octanol–water partition coefficient (Wildman–Crippen LogP) is -0.104. The third-order valence-electron chi connectivity index (χ3n) is 0.827. The van der Waals surface area contributed by atoms with Crippen LogP contribution in [0.25, 0.3) is 0 Å². The molecule has 1 aliphatic heterocycles. The smallest absolute Gasteiger partial charge is 0.229 e. The molecule has 0 aromatic carbocycles. The average Bonchev–Trinajstić information content (AvgIpc) is 1.86. The lowest BCUT2D eigenvalue weighted by Crippen LogP contribution is -2.18. The van der Waals surface area contributed by atoms with E-state index in [1.165, 1.54) is 0 Å². The van der Waals surface area contributed by atoms with Gasteiger partial charge in [0.05, 0.1) is 6.04 Å². The lowest BCUT2D eigenvalue weighted by molar-refractivity contribution is 0.247. The molecule has 0 bridgehead atoms. The minimum absolute atomic E-state index is 0.269. The van der Waals surface area contributed by atoms with Crippen molar-refractivity contribution >= 4 is 0 Å². The van der Waals surface area contributed by atoms with Crippen LogP contribution in [0.2, 0.25) is 0 Å². The first-order valence-corrected chi connectivity index (χ1v) is 2.08. The molecule has 0 aliphatic carbocycles. The molecule has 2 N–H and O–H groups in total. The second kappa shape index (κ2) is 1.49. The van der Waals surface area contributed by atoms with E-state index in [4.69, 9.17) is 10.5 Å². The summed E-state index contributed by atoms with van der Waals surface area (Å²) >= 11 is 0. The van der Waals surface area contributed by atoms with Crippen LogP contribution in [0.4, 0.5) is 0 Å². The minimum Gasteiger partial charge on any atom is -0.322 e. The van der Waals surface area contributed by atoms with Crippen molar-refractivity contribution in [1.29, 1.82) is 0 Å². The Hall–Kier alpha value is -0.210. The molecule has 1 rings (SSSR count). The van der Waals surface area contributed by atoms with Crippen molar-refractivity contribution in [1.82, 2.24) is 0 Å². The largest absolute Gasteiger partial charge is 0.322 e. The lowest BCUT2D eigenvalue weighted by Gasteiger charge is -1.84. The van der Waals surface area contributed by atoms with Crippen molar-refractivity contribution in [3.05, 3.63) is 6.61 Å². The van der Waals surface area contributed by atoms with Crippen LogP contribution in [-0.4, -0.2) is 12.6 Å². The molecule has 1 fully saturated rings. The monoisotopic (exact) mass is 86.1 g/mol. The van der Waals surface area contributed by atoms with Gasteiger partial charge in [0.1, 0.15) is 13.0 Å². The van der Waals surface area contributed by atoms with Gasteiger partial charge in [0.15, 0.2) is 0 Å². The summed E-state index contributed by atoms with van der Waals surface area (Å²) in [7, 11) is 0. The highest BCUT2D eigenvalue weighted by molar-refractivity contribution is 4.72. The molecular weight excluding hydrogens is 78.0 g/mol. The van der Waals surface area contributed by atoms with E-state index in [0.29, 0.717) is 6.61 Å². The standard InChI is InChI=1S/C4H8NO/c5-4-1-2-6-3-4/h2,4H,1,3,5H2/q+1/t4-/m1/s1. The molecule has 6 heavy (non-hydrogen) atoms. The Morgan fingerprint density at radius 2 is 2.67 bits per heavy atom. The molecule has 0 aromatic rings. The van der Waals surface area contributed by atoms with Gasteiger partial charge in [-0.25, -0.2) is 0 Å². The molecule has 1 saturated heterocycles. The third kappa shape index (κ3) is 0.640. The van der Waals surface area contributed by atoms with Crippen molar-refractivity contribution in [3.63, 3.8) is 0 Å². The Morgan fingerprint density at radius 1 is 1.83 bits per heavy atom. The number of ether oxygens (including phenoxy) is 1. The van der Waals surface area contributed by atoms with Crippen molar-refractivity contribution in [3.8, 4) is 0 Å². The summed E-state index contributed by atoms with van der Waals surface area (Å²) in [5.41, 5.74) is 5.38. The second-order valence-electron chi connectivity index (χ2n) is 1.50. The Balaban J connectivity index is 2.18. The van der Waals surface area contributed by atoms with Crippen LogP contribution in [0.1, 0.15) is 6.42 Å². The van der Waals surface area contributed by atoms with E-state index in [0.717, 1.165) is 6.42 Å². The van der Waals surface area contributed by atoms with Gasteiger partial charge in [0, 0.05) is 0 Å². The first-order valence-electron chi connectivity index (χ1n) is 2.08. The van der Waals surface area contributed by atoms with Crippen molar-refractivity contribution in [2.75, 3.05) is 6.61 Å². The van der Waals surface area contributed by atoms with Crippen LogP contribution in [0.15, 0.2) is 0 Å². The molecule has 1 aliphatic rings. The minimum atomic E-state index is 0.269. The third-order valence-corrected chi connectivity index (χ3v) is 0.827. The highest BCUT2D eigenvalue weighted by Crippen LogP contribution is 2.03. The maximum atomic E-state index is 5.38. The first kappa shape index (κ1) is 3.96. The van der Waals surface area contributed by atoms with Crippen LogP contribution in [0.5, 0.6) is 0 Å². The molecular formula is C4H8NO+. The first-order chi connectivity index (χ1) is 2.89. The summed E-state index contributed by atoms with van der Waals surface area (Å²) in [6.07, 6.45) is 0.917. The number of hydrogen-bond donors (Lipinski definition) is 1. The second-order valence-corrected chi connectivity index (χ2v) is 1.50. The van der Waals surface area contributed by atoms with Gasteiger partial charge in [0.2, 0.25) is 6.61 Å². The Morgan fingerprint density at radius 3 is 2.83 bits per heavy atom. The van der Waals surface area contributed by atoms with E-state index in [1.807, 2.05) is 0 Å². The fourth-order valence-corrected chi connectivity index (χ4v) is 0.451. The zero-order valence-electron chi connectivity index (χ0n) is 3.55. The van der Waals surface area contributed by atoms with Crippen LogP contribution in [0.3, 0.4) is 0 Å². The van der Waals surface area contributed by atoms with E-state index >= 15 is 0 Å². The molecule has 34 valence electrons. The summed E-state index contributed by atoms with van der Waals surface area (Å²) in [5.74, 6) is 0. The topological polar surface area (TPSA) is 35.2 Å². The average molecular weight is 86.1 g/mol. The fraction of sp³-hybridized carbons (Fsp3) is 0.750. The molecule has 1 heterocycles. The van der Waals surface area contributed by atoms with Crippen molar-refractivity contribution < 1.29 is 4.74 Å². The fourth-order valence-electron chi connectivity index (χ4n) is 0.451. The SMILES string of the molecule is N[C@@H]1C[CH+]OC1. The van der Waals surface area contributed by atoms with E-state index in [9.17, 15) is 0 Å². The molecule has 0 spiro atoms. The molecule has 0 radical (unpaired) electrons. The van der Waals surface area contributed by atoms with E-state index < -0.39 is 0 Å². The maximum Gasteiger partial charge on any atom is 0.229 e. The molecule has 2 heteroatoms. The molecule has 0 amide bonds. The Labute approximate surface area is 37.3 Å². The van der Waals surface area contributed by atoms with Gasteiger partial charge in [-0.1, -0.05) is 0 Å². The van der Waals surface area contributed by atoms with Gasteiger partial charge >= 0.3 is 0 Å². The van der Waals surface area contributed by atoms with Gasteiger partial charge in [-0.15, -0.1) is 0 Å². The number of rotatable bonds is 0. The van der Waals surface area contributed by atoms with E-state index in [-0.39, 0.29) is 6.04 Å². The highest BCUT2D eigenvalue weighted by atomic mass is 16.5. The zero-order chi connectivity index (χ0) is 4.41. The van der Waals surface area contributed by atoms with Gasteiger partial charge < -0.3 is 5.73 Å². The van der Waals surface area contributed by atoms with Crippen molar-refractivity contribution in [2.45, 2.75) is 12.5 Å². The molecule has 1 atom stereocenters. The summed E-state index contributed by atoms with van der Waals surface area (Å²) in [5, 5.41) is 0. The molecule has 2 nitrogen and oxygen atoms in total. The zero-order valence-corrected chi connectivity index (χ0v) is 3.55. The summed E-state index contributed by atoms with van der Waals surface area (Å²) in [6.45, 7) is 2.46. The van der Waals surface area contributed by atoms with Crippen LogP contribution < -0.4 is 5.73 Å². The van der Waals surface area contributed by atoms with Gasteiger partial charge in [-0.2, -0.15) is 4.74 Å². The summed E-state index contributed by atoms with van der Waals surface area (Å²) in [6, 6.07) is 0.269. The number of hydrogen-bond acceptors (Lipinski definition) is 2. The quantitative estimate of drug-likeness (QED) is 0.418. The number of nitrogens with two attached hydrogens (primary N) is 1. The molecule has 0 saturated carbocycles. The van der Waals surface area contributed by atoms with Crippen LogP contribution >= 0.6 is 0 Å². The Bertz CT molecular complexity index is 40.8. The Kier molecular flexibility index (Phi) is 0.986. The van der Waals surface area contributed by atoms with Crippen LogP contribution in [-0.2, 0) is 4.74 Å². The van der Waals surface area contributed by atoms with Crippen LogP contribution in [0, 0.1) is 6.61 Å². The van der Waals surface area contributed by atoms with E-state index in [2.05, 4.69) is 0 Å². The molecule has 0 unspecified atom stereocenters. The normalized spacial score (nSPS) is 33.2. The van der Waals surface area contributed by atoms with Crippen molar-refractivity contribution in [2.24, 2.45) is 5.73 Å². The maximum absolute atomic E-state index is 5.38. The van der Waals surface area contributed by atoms with E-state index in [1.54, 1.807) is 6.61 Å². The predicted molar refractivity (Wildman–Crippen MR) is 22.8 cm³/mol. The van der Waals surface area contributed by atoms with Gasteiger partial charge in [-0.05, 0) is 0 Å². The lowest BCUT2D eigenvalue weighted by atomic mass is 10.3. The van der Waals surface area contributed by atoms with Gasteiger partial charge in [0.25, 0.3) is 0 Å². The molecule has 0 aromatic heterocycles. The summed E-state index contributed by atoms with van der Waals surface area (Å²) < 4.78 is 4.81. The highest BCUT2D eigenvalue weighted by Gasteiger charge is 2.18. The van der Waals surface area contributed by atoms with Gasteiger partial charge in [-0.3, -0.25) is 0 Å².